The molecule has 8 heteroatoms. The third-order valence-corrected chi connectivity index (χ3v) is 4.46. The number of amides is 1. The van der Waals surface area contributed by atoms with Gasteiger partial charge in [-0.15, -0.1) is 17.9 Å². The first-order valence-electron chi connectivity index (χ1n) is 8.01. The Bertz CT molecular complexity index is 920. The summed E-state index contributed by atoms with van der Waals surface area (Å²) in [6.45, 7) is 3.38. The molecule has 1 amide bonds. The predicted octanol–water partition coefficient (Wildman–Crippen LogP) is 2.94. The lowest BCUT2D eigenvalue weighted by atomic mass is 10.1. The van der Waals surface area contributed by atoms with E-state index >= 15 is 0 Å². The number of esters is 1. The highest BCUT2D eigenvalue weighted by atomic mass is 32.1. The summed E-state index contributed by atoms with van der Waals surface area (Å²) in [5.41, 5.74) is 1.51. The maximum atomic E-state index is 12.3. The number of thiazole rings is 1. The molecular weight excluding hydrogens is 364 g/mol. The van der Waals surface area contributed by atoms with Crippen molar-refractivity contribution in [3.63, 3.8) is 0 Å². The number of hydrogen-bond acceptors (Lipinski definition) is 7. The van der Waals surface area contributed by atoms with Gasteiger partial charge in [0, 0.05) is 12.0 Å². The fourth-order valence-corrected chi connectivity index (χ4v) is 3.06. The summed E-state index contributed by atoms with van der Waals surface area (Å²) >= 11 is 1.09. The zero-order chi connectivity index (χ0) is 19.6. The highest BCUT2D eigenvalue weighted by Crippen LogP contribution is 2.29. The molecule has 2 aromatic rings. The molecule has 0 aliphatic heterocycles. The van der Waals surface area contributed by atoms with Gasteiger partial charge in [-0.1, -0.05) is 18.2 Å². The van der Waals surface area contributed by atoms with E-state index in [0.717, 1.165) is 11.3 Å². The van der Waals surface area contributed by atoms with Crippen LogP contribution in [0.4, 0.5) is 0 Å². The van der Waals surface area contributed by atoms with E-state index in [9.17, 15) is 9.59 Å². The van der Waals surface area contributed by atoms with Crippen molar-refractivity contribution >= 4 is 23.2 Å². The molecule has 0 spiro atoms. The number of ether oxygens (including phenoxy) is 1. The number of nitriles is 2. The van der Waals surface area contributed by atoms with E-state index < -0.39 is 5.97 Å². The topological polar surface area (TPSA) is 116 Å². The van der Waals surface area contributed by atoms with Gasteiger partial charge in [0.15, 0.2) is 6.61 Å². The molecule has 27 heavy (non-hydrogen) atoms. The maximum absolute atomic E-state index is 12.3. The predicted molar refractivity (Wildman–Crippen MR) is 99.4 cm³/mol. The number of aromatic nitrogens is 1. The Kier molecular flexibility index (Phi) is 7.24. The van der Waals surface area contributed by atoms with Crippen LogP contribution in [-0.2, 0) is 16.1 Å². The second-order valence-corrected chi connectivity index (χ2v) is 6.40. The summed E-state index contributed by atoms with van der Waals surface area (Å²) in [6, 6.07) is 10.4. The second kappa shape index (κ2) is 9.85. The average molecular weight is 380 g/mol. The van der Waals surface area contributed by atoms with Crippen LogP contribution in [0, 0.1) is 22.7 Å². The van der Waals surface area contributed by atoms with Gasteiger partial charge in [-0.05, 0) is 18.6 Å². The fraction of sp³-hybridized carbons (Fsp3) is 0.211. The van der Waals surface area contributed by atoms with Crippen molar-refractivity contribution < 1.29 is 14.3 Å². The number of rotatable bonds is 8. The van der Waals surface area contributed by atoms with E-state index in [1.807, 2.05) is 6.07 Å². The second-order valence-electron chi connectivity index (χ2n) is 5.31. The first-order chi connectivity index (χ1) is 13.1. The number of carbonyl (C=O) groups excluding carboxylic acids is 2. The first kappa shape index (κ1) is 19.8. The van der Waals surface area contributed by atoms with Crippen LogP contribution in [0.15, 0.2) is 36.9 Å². The molecule has 0 unspecified atom stereocenters. The van der Waals surface area contributed by atoms with E-state index in [1.165, 1.54) is 0 Å². The van der Waals surface area contributed by atoms with Crippen molar-refractivity contribution in [3.05, 3.63) is 52.4 Å². The zero-order valence-corrected chi connectivity index (χ0v) is 15.2. The molecule has 0 saturated heterocycles. The molecule has 0 aliphatic rings. The van der Waals surface area contributed by atoms with Crippen molar-refractivity contribution in [2.75, 3.05) is 6.61 Å². The Morgan fingerprint density at radius 1 is 1.30 bits per heavy atom. The maximum Gasteiger partial charge on any atom is 0.351 e. The van der Waals surface area contributed by atoms with E-state index in [-0.39, 0.29) is 23.9 Å². The summed E-state index contributed by atoms with van der Waals surface area (Å²) in [4.78, 5) is 28.7. The van der Waals surface area contributed by atoms with Crippen molar-refractivity contribution in [1.29, 1.82) is 10.5 Å². The van der Waals surface area contributed by atoms with Crippen molar-refractivity contribution in [3.8, 4) is 23.4 Å². The number of hydrogen-bond donors (Lipinski definition) is 1. The standard InChI is InChI=1S/C19H16N4O3S/c1-2-3-4-15(24)22-12-16-23-17(14-7-5-13(11-21)6-8-14)18(27-16)19(25)26-10-9-20/h2,5-8H,1,3-4,10,12H2,(H,22,24). The molecule has 0 atom stereocenters. The van der Waals surface area contributed by atoms with Crippen LogP contribution in [0.3, 0.4) is 0 Å². The van der Waals surface area contributed by atoms with Gasteiger partial charge in [0.05, 0.1) is 23.9 Å². The zero-order valence-electron chi connectivity index (χ0n) is 14.4. The molecule has 0 aliphatic carbocycles. The number of carbonyl (C=O) groups is 2. The van der Waals surface area contributed by atoms with Gasteiger partial charge in [0.1, 0.15) is 16.0 Å². The molecule has 1 aromatic heterocycles. The van der Waals surface area contributed by atoms with Crippen molar-refractivity contribution in [2.24, 2.45) is 0 Å². The minimum atomic E-state index is -0.655. The van der Waals surface area contributed by atoms with E-state index in [2.05, 4.69) is 16.9 Å². The van der Waals surface area contributed by atoms with Gasteiger partial charge in [-0.2, -0.15) is 10.5 Å². The molecule has 2 rings (SSSR count). The van der Waals surface area contributed by atoms with Gasteiger partial charge >= 0.3 is 5.97 Å². The molecule has 0 bridgehead atoms. The molecule has 0 saturated carbocycles. The van der Waals surface area contributed by atoms with E-state index in [1.54, 1.807) is 36.4 Å². The van der Waals surface area contributed by atoms with Crippen molar-refractivity contribution in [2.45, 2.75) is 19.4 Å². The monoisotopic (exact) mass is 380 g/mol. The summed E-state index contributed by atoms with van der Waals surface area (Å²) < 4.78 is 4.90. The Morgan fingerprint density at radius 2 is 2.04 bits per heavy atom. The quantitative estimate of drug-likeness (QED) is 0.556. The third kappa shape index (κ3) is 5.50. The molecule has 0 radical (unpaired) electrons. The lowest BCUT2D eigenvalue weighted by molar-refractivity contribution is -0.121. The minimum Gasteiger partial charge on any atom is -0.446 e. The molecular formula is C19H16N4O3S. The SMILES string of the molecule is C=CCCC(=O)NCc1nc(-c2ccc(C#N)cc2)c(C(=O)OCC#N)s1. The fourth-order valence-electron chi connectivity index (χ4n) is 2.14. The van der Waals surface area contributed by atoms with Crippen LogP contribution >= 0.6 is 11.3 Å². The molecule has 136 valence electrons. The average Bonchev–Trinajstić information content (AvgIpc) is 3.13. The first-order valence-corrected chi connectivity index (χ1v) is 8.82. The van der Waals surface area contributed by atoms with Crippen LogP contribution in [0.5, 0.6) is 0 Å². The lowest BCUT2D eigenvalue weighted by Gasteiger charge is -2.02. The summed E-state index contributed by atoms with van der Waals surface area (Å²) in [5, 5.41) is 20.8. The third-order valence-electron chi connectivity index (χ3n) is 3.42. The highest BCUT2D eigenvalue weighted by Gasteiger charge is 2.21. The number of nitrogens with one attached hydrogen (secondary N) is 1. The normalized spacial score (nSPS) is 9.70. The van der Waals surface area contributed by atoms with Crippen LogP contribution in [0.1, 0.15) is 33.1 Å². The number of allylic oxidation sites excluding steroid dienone is 1. The van der Waals surface area contributed by atoms with Crippen LogP contribution in [-0.4, -0.2) is 23.5 Å². The smallest absolute Gasteiger partial charge is 0.351 e. The molecule has 7 nitrogen and oxygen atoms in total. The summed E-state index contributed by atoms with van der Waals surface area (Å²) in [5.74, 6) is -0.795. The van der Waals surface area contributed by atoms with Gasteiger partial charge in [-0.3, -0.25) is 4.79 Å². The molecule has 0 fully saturated rings. The van der Waals surface area contributed by atoms with Crippen LogP contribution < -0.4 is 5.32 Å². The lowest BCUT2D eigenvalue weighted by Crippen LogP contribution is -2.22. The number of benzene rings is 1. The highest BCUT2D eigenvalue weighted by molar-refractivity contribution is 7.14. The van der Waals surface area contributed by atoms with Crippen LogP contribution in [0.25, 0.3) is 11.3 Å². The van der Waals surface area contributed by atoms with Gasteiger partial charge < -0.3 is 10.1 Å². The van der Waals surface area contributed by atoms with Gasteiger partial charge in [0.2, 0.25) is 5.91 Å². The number of nitrogens with zero attached hydrogens (tertiary/aromatic N) is 3. The van der Waals surface area contributed by atoms with Gasteiger partial charge in [0.25, 0.3) is 0 Å². The summed E-state index contributed by atoms with van der Waals surface area (Å²) in [7, 11) is 0. The largest absolute Gasteiger partial charge is 0.446 e. The van der Waals surface area contributed by atoms with Crippen LogP contribution in [0.2, 0.25) is 0 Å². The Morgan fingerprint density at radius 3 is 2.67 bits per heavy atom. The minimum absolute atomic E-state index is 0.140. The molecule has 1 N–H and O–H groups in total. The van der Waals surface area contributed by atoms with Gasteiger partial charge in [-0.25, -0.2) is 9.78 Å². The molecule has 1 aromatic carbocycles. The molecule has 1 heterocycles. The summed E-state index contributed by atoms with van der Waals surface area (Å²) in [6.07, 6.45) is 2.57. The van der Waals surface area contributed by atoms with Crippen molar-refractivity contribution in [1.82, 2.24) is 10.3 Å². The van der Waals surface area contributed by atoms with E-state index in [4.69, 9.17) is 15.3 Å². The Labute approximate surface area is 160 Å². The Hall–Kier alpha value is -3.49. The van der Waals surface area contributed by atoms with E-state index in [0.29, 0.717) is 34.7 Å². The Balaban J connectivity index is 2.26.